The van der Waals surface area contributed by atoms with E-state index in [1.54, 1.807) is 6.92 Å². The van der Waals surface area contributed by atoms with Crippen LogP contribution < -0.4 is 11.1 Å². The molecule has 1 fully saturated rings. The van der Waals surface area contributed by atoms with Crippen molar-refractivity contribution < 1.29 is 4.79 Å². The Hall–Kier alpha value is -0.650. The number of primary amides is 1. The van der Waals surface area contributed by atoms with Gasteiger partial charge in [0.05, 0.1) is 6.04 Å². The zero-order valence-electron chi connectivity index (χ0n) is 9.70. The number of carbonyl (C=O) groups excluding carboxylic acids is 1. The third-order valence-corrected chi connectivity index (χ3v) is 2.90. The van der Waals surface area contributed by atoms with Crippen molar-refractivity contribution in [2.45, 2.75) is 13.0 Å². The highest BCUT2D eigenvalue weighted by Crippen LogP contribution is 1.97. The highest BCUT2D eigenvalue weighted by Gasteiger charge is 2.13. The molecule has 15 heavy (non-hydrogen) atoms. The highest BCUT2D eigenvalue weighted by molar-refractivity contribution is 5.79. The van der Waals surface area contributed by atoms with E-state index >= 15 is 0 Å². The number of likely N-dealkylation sites (N-methyl/N-ethyl adjacent to an activating group) is 1. The van der Waals surface area contributed by atoms with E-state index in [1.807, 2.05) is 0 Å². The number of nitrogens with one attached hydrogen (secondary N) is 1. The molecule has 0 saturated carbocycles. The Morgan fingerprint density at radius 1 is 1.40 bits per heavy atom. The Labute approximate surface area is 91.6 Å². The molecule has 1 aliphatic rings. The third-order valence-electron chi connectivity index (χ3n) is 2.90. The summed E-state index contributed by atoms with van der Waals surface area (Å²) in [6.07, 6.45) is 0. The van der Waals surface area contributed by atoms with Crippen molar-refractivity contribution in [1.29, 1.82) is 0 Å². The molecule has 1 aliphatic heterocycles. The fourth-order valence-corrected chi connectivity index (χ4v) is 1.61. The largest absolute Gasteiger partial charge is 0.368 e. The van der Waals surface area contributed by atoms with E-state index < -0.39 is 0 Å². The molecule has 88 valence electrons. The summed E-state index contributed by atoms with van der Waals surface area (Å²) in [4.78, 5) is 15.5. The number of amides is 1. The molecule has 0 aliphatic carbocycles. The number of hydrogen-bond acceptors (Lipinski definition) is 4. The topological polar surface area (TPSA) is 61.6 Å². The molecule has 1 saturated heterocycles. The molecular formula is C10H22N4O. The quantitative estimate of drug-likeness (QED) is 0.597. The smallest absolute Gasteiger partial charge is 0.234 e. The van der Waals surface area contributed by atoms with E-state index in [4.69, 9.17) is 5.73 Å². The van der Waals surface area contributed by atoms with Crippen LogP contribution in [0.2, 0.25) is 0 Å². The fourth-order valence-electron chi connectivity index (χ4n) is 1.61. The number of piperazine rings is 1. The average molecular weight is 214 g/mol. The molecule has 1 unspecified atom stereocenters. The standard InChI is InChI=1S/C10H22N4O/c1-9(10(11)15)12-3-4-14-7-5-13(2)6-8-14/h9,12H,3-8H2,1-2H3,(H2,11,15). The molecule has 0 bridgehead atoms. The second-order valence-electron chi connectivity index (χ2n) is 4.22. The number of nitrogens with two attached hydrogens (primary N) is 1. The maximum Gasteiger partial charge on any atom is 0.234 e. The van der Waals surface area contributed by atoms with E-state index in [0.717, 1.165) is 39.3 Å². The van der Waals surface area contributed by atoms with E-state index in [9.17, 15) is 4.79 Å². The Morgan fingerprint density at radius 3 is 2.53 bits per heavy atom. The Morgan fingerprint density at radius 2 is 2.00 bits per heavy atom. The van der Waals surface area contributed by atoms with Gasteiger partial charge in [0.25, 0.3) is 0 Å². The minimum atomic E-state index is -0.284. The van der Waals surface area contributed by atoms with Crippen LogP contribution in [0.15, 0.2) is 0 Å². The van der Waals surface area contributed by atoms with Crippen LogP contribution in [0, 0.1) is 0 Å². The van der Waals surface area contributed by atoms with Gasteiger partial charge in [-0.05, 0) is 14.0 Å². The summed E-state index contributed by atoms with van der Waals surface area (Å²) in [6.45, 7) is 8.11. The first-order valence-electron chi connectivity index (χ1n) is 5.53. The minimum Gasteiger partial charge on any atom is -0.368 e. The van der Waals surface area contributed by atoms with Crippen LogP contribution in [0.4, 0.5) is 0 Å². The van der Waals surface area contributed by atoms with E-state index in [1.165, 1.54) is 0 Å². The number of carbonyl (C=O) groups is 1. The predicted octanol–water partition coefficient (Wildman–Crippen LogP) is -1.30. The average Bonchev–Trinajstić information content (AvgIpc) is 2.20. The van der Waals surface area contributed by atoms with E-state index in [-0.39, 0.29) is 11.9 Å². The second kappa shape index (κ2) is 6.05. The number of nitrogens with zero attached hydrogens (tertiary/aromatic N) is 2. The van der Waals surface area contributed by atoms with Crippen molar-refractivity contribution >= 4 is 5.91 Å². The Balaban J connectivity index is 2.07. The SMILES string of the molecule is CC(NCCN1CCN(C)CC1)C(N)=O. The van der Waals surface area contributed by atoms with Gasteiger partial charge >= 0.3 is 0 Å². The van der Waals surface area contributed by atoms with Gasteiger partial charge < -0.3 is 16.0 Å². The van der Waals surface area contributed by atoms with Gasteiger partial charge in [-0.25, -0.2) is 0 Å². The van der Waals surface area contributed by atoms with Crippen molar-refractivity contribution in [1.82, 2.24) is 15.1 Å². The van der Waals surface area contributed by atoms with E-state index in [2.05, 4.69) is 22.2 Å². The second-order valence-corrected chi connectivity index (χ2v) is 4.22. The van der Waals surface area contributed by atoms with Gasteiger partial charge in [0.1, 0.15) is 0 Å². The number of hydrogen-bond donors (Lipinski definition) is 2. The predicted molar refractivity (Wildman–Crippen MR) is 60.6 cm³/mol. The molecular weight excluding hydrogens is 192 g/mol. The van der Waals surface area contributed by atoms with Crippen LogP contribution in [0.3, 0.4) is 0 Å². The lowest BCUT2D eigenvalue weighted by Crippen LogP contribution is -2.48. The van der Waals surface area contributed by atoms with Gasteiger partial charge in [-0.1, -0.05) is 0 Å². The van der Waals surface area contributed by atoms with Crippen molar-refractivity contribution in [3.8, 4) is 0 Å². The maximum absolute atomic E-state index is 10.8. The van der Waals surface area contributed by atoms with Crippen LogP contribution in [-0.2, 0) is 4.79 Å². The van der Waals surface area contributed by atoms with Gasteiger partial charge in [0.15, 0.2) is 0 Å². The first-order valence-corrected chi connectivity index (χ1v) is 5.53. The molecule has 5 nitrogen and oxygen atoms in total. The van der Waals surface area contributed by atoms with Gasteiger partial charge in [0.2, 0.25) is 5.91 Å². The first kappa shape index (κ1) is 12.4. The van der Waals surface area contributed by atoms with Gasteiger partial charge in [-0.3, -0.25) is 9.69 Å². The monoisotopic (exact) mass is 214 g/mol. The summed E-state index contributed by atoms with van der Waals surface area (Å²) in [5.41, 5.74) is 5.15. The van der Waals surface area contributed by atoms with Crippen molar-refractivity contribution in [3.05, 3.63) is 0 Å². The molecule has 0 radical (unpaired) electrons. The van der Waals surface area contributed by atoms with Crippen LogP contribution in [-0.4, -0.2) is 68.1 Å². The fraction of sp³-hybridized carbons (Fsp3) is 0.900. The maximum atomic E-state index is 10.8. The summed E-state index contributed by atoms with van der Waals surface area (Å²) >= 11 is 0. The summed E-state index contributed by atoms with van der Waals surface area (Å²) in [6, 6.07) is -0.225. The van der Waals surface area contributed by atoms with Gasteiger partial charge in [-0.15, -0.1) is 0 Å². The zero-order valence-corrected chi connectivity index (χ0v) is 9.70. The third kappa shape index (κ3) is 4.59. The van der Waals surface area contributed by atoms with Crippen LogP contribution in [0.5, 0.6) is 0 Å². The normalized spacial score (nSPS) is 21.5. The van der Waals surface area contributed by atoms with Crippen LogP contribution in [0.25, 0.3) is 0 Å². The van der Waals surface area contributed by atoms with E-state index in [0.29, 0.717) is 0 Å². The van der Waals surface area contributed by atoms with Crippen LogP contribution in [0.1, 0.15) is 6.92 Å². The molecule has 0 spiro atoms. The number of rotatable bonds is 5. The van der Waals surface area contributed by atoms with Crippen LogP contribution >= 0.6 is 0 Å². The Bertz CT molecular complexity index is 202. The molecule has 0 aromatic heterocycles. The Kier molecular flexibility index (Phi) is 5.01. The summed E-state index contributed by atoms with van der Waals surface area (Å²) in [5.74, 6) is -0.284. The van der Waals surface area contributed by atoms with Gasteiger partial charge in [-0.2, -0.15) is 0 Å². The highest BCUT2D eigenvalue weighted by atomic mass is 16.1. The summed E-state index contributed by atoms with van der Waals surface area (Å²) < 4.78 is 0. The molecule has 1 heterocycles. The summed E-state index contributed by atoms with van der Waals surface area (Å²) in [5, 5.41) is 3.11. The molecule has 0 aromatic carbocycles. The molecule has 1 atom stereocenters. The lowest BCUT2D eigenvalue weighted by Gasteiger charge is -2.32. The summed E-state index contributed by atoms with van der Waals surface area (Å²) in [7, 11) is 2.14. The molecule has 0 aromatic rings. The lowest BCUT2D eigenvalue weighted by molar-refractivity contribution is -0.119. The van der Waals surface area contributed by atoms with Crippen molar-refractivity contribution in [2.24, 2.45) is 5.73 Å². The molecule has 5 heteroatoms. The lowest BCUT2D eigenvalue weighted by atomic mass is 10.3. The van der Waals surface area contributed by atoms with Crippen molar-refractivity contribution in [3.63, 3.8) is 0 Å². The van der Waals surface area contributed by atoms with Gasteiger partial charge in [0, 0.05) is 39.3 Å². The molecule has 1 rings (SSSR count). The van der Waals surface area contributed by atoms with Crippen molar-refractivity contribution in [2.75, 3.05) is 46.3 Å². The molecule has 3 N–H and O–H groups in total. The molecule has 1 amide bonds. The zero-order chi connectivity index (χ0) is 11.3. The first-order chi connectivity index (χ1) is 7.09. The minimum absolute atomic E-state index is 0.225.